The van der Waals surface area contributed by atoms with Gasteiger partial charge in [-0.05, 0) is 43.4 Å². The molecule has 0 aromatic rings. The first-order valence-corrected chi connectivity index (χ1v) is 7.45. The van der Waals surface area contributed by atoms with Gasteiger partial charge in [-0.25, -0.2) is 0 Å². The second kappa shape index (κ2) is 7.60. The van der Waals surface area contributed by atoms with Crippen LogP contribution in [-0.2, 0) is 4.79 Å². The maximum atomic E-state index is 11.6. The van der Waals surface area contributed by atoms with Gasteiger partial charge >= 0.3 is 0 Å². The average Bonchev–Trinajstić information content (AvgIpc) is 3.01. The first-order valence-electron chi connectivity index (χ1n) is 7.45. The van der Waals surface area contributed by atoms with Gasteiger partial charge in [0.25, 0.3) is 0 Å². The normalized spacial score (nSPS) is 22.7. The van der Waals surface area contributed by atoms with E-state index in [1.54, 1.807) is 6.92 Å². The van der Waals surface area contributed by atoms with Crippen LogP contribution >= 0.6 is 0 Å². The van der Waals surface area contributed by atoms with Crippen molar-refractivity contribution in [1.82, 2.24) is 4.90 Å². The van der Waals surface area contributed by atoms with Crippen LogP contribution in [0.3, 0.4) is 0 Å². The fraction of sp³-hybridized carbons (Fsp3) is 0.812. The highest BCUT2D eigenvalue weighted by atomic mass is 16.2. The summed E-state index contributed by atoms with van der Waals surface area (Å²) in [5, 5.41) is 0. The highest BCUT2D eigenvalue weighted by Crippen LogP contribution is 2.42. The second-order valence-electron chi connectivity index (χ2n) is 6.03. The first-order chi connectivity index (χ1) is 8.54. The molecule has 2 unspecified atom stereocenters. The summed E-state index contributed by atoms with van der Waals surface area (Å²) in [5.74, 6) is 2.43. The maximum absolute atomic E-state index is 11.6. The minimum atomic E-state index is 0.236. The van der Waals surface area contributed by atoms with Gasteiger partial charge in [0.15, 0.2) is 0 Å². The van der Waals surface area contributed by atoms with Crippen molar-refractivity contribution >= 4 is 5.91 Å². The summed E-state index contributed by atoms with van der Waals surface area (Å²) in [6.07, 6.45) is 9.51. The zero-order valence-corrected chi connectivity index (χ0v) is 12.5. The SMILES string of the molecule is CCC=CCCC1CC1CN(CC(C)C)C(C)=O. The van der Waals surface area contributed by atoms with E-state index in [1.165, 1.54) is 19.3 Å². The number of hydrogen-bond acceptors (Lipinski definition) is 1. The van der Waals surface area contributed by atoms with Gasteiger partial charge in [0.2, 0.25) is 5.91 Å². The lowest BCUT2D eigenvalue weighted by molar-refractivity contribution is -0.129. The summed E-state index contributed by atoms with van der Waals surface area (Å²) in [4.78, 5) is 13.6. The van der Waals surface area contributed by atoms with E-state index < -0.39 is 0 Å². The summed E-state index contributed by atoms with van der Waals surface area (Å²) < 4.78 is 0. The van der Waals surface area contributed by atoms with Crippen molar-refractivity contribution in [3.63, 3.8) is 0 Å². The molecule has 104 valence electrons. The lowest BCUT2D eigenvalue weighted by Gasteiger charge is -2.23. The summed E-state index contributed by atoms with van der Waals surface area (Å²) >= 11 is 0. The van der Waals surface area contributed by atoms with E-state index in [1.807, 2.05) is 4.90 Å². The molecule has 0 spiro atoms. The second-order valence-corrected chi connectivity index (χ2v) is 6.03. The molecule has 0 heterocycles. The molecule has 1 aliphatic carbocycles. The molecule has 0 bridgehead atoms. The van der Waals surface area contributed by atoms with Gasteiger partial charge in [-0.15, -0.1) is 0 Å². The Morgan fingerprint density at radius 1 is 1.33 bits per heavy atom. The third kappa shape index (κ3) is 5.70. The van der Waals surface area contributed by atoms with E-state index in [2.05, 4.69) is 32.9 Å². The van der Waals surface area contributed by atoms with Crippen LogP contribution in [0.5, 0.6) is 0 Å². The van der Waals surface area contributed by atoms with Gasteiger partial charge in [-0.2, -0.15) is 0 Å². The van der Waals surface area contributed by atoms with Crippen molar-refractivity contribution in [1.29, 1.82) is 0 Å². The molecule has 18 heavy (non-hydrogen) atoms. The van der Waals surface area contributed by atoms with Crippen LogP contribution in [0.15, 0.2) is 12.2 Å². The molecule has 0 N–H and O–H groups in total. The van der Waals surface area contributed by atoms with Crippen LogP contribution in [0.25, 0.3) is 0 Å². The number of carbonyl (C=O) groups is 1. The molecule has 0 aromatic carbocycles. The van der Waals surface area contributed by atoms with Gasteiger partial charge < -0.3 is 4.90 Å². The van der Waals surface area contributed by atoms with Crippen LogP contribution in [0.1, 0.15) is 53.4 Å². The Labute approximate surface area is 112 Å². The predicted octanol–water partition coefficient (Wildman–Crippen LogP) is 3.87. The molecule has 0 saturated heterocycles. The first kappa shape index (κ1) is 15.3. The Balaban J connectivity index is 2.23. The Morgan fingerprint density at radius 2 is 2.06 bits per heavy atom. The van der Waals surface area contributed by atoms with E-state index in [-0.39, 0.29) is 5.91 Å². The Hall–Kier alpha value is -0.790. The summed E-state index contributed by atoms with van der Waals surface area (Å²) in [7, 11) is 0. The molecular formula is C16H29NO. The fourth-order valence-electron chi connectivity index (χ4n) is 2.54. The maximum Gasteiger partial charge on any atom is 0.219 e. The van der Waals surface area contributed by atoms with Gasteiger partial charge in [-0.3, -0.25) is 4.79 Å². The molecule has 2 heteroatoms. The van der Waals surface area contributed by atoms with Crippen molar-refractivity contribution in [2.75, 3.05) is 13.1 Å². The molecule has 0 aromatic heterocycles. The van der Waals surface area contributed by atoms with Crippen LogP contribution < -0.4 is 0 Å². The van der Waals surface area contributed by atoms with Crippen LogP contribution in [-0.4, -0.2) is 23.9 Å². The molecule has 0 aliphatic heterocycles. The van der Waals surface area contributed by atoms with Gasteiger partial charge in [0.1, 0.15) is 0 Å². The van der Waals surface area contributed by atoms with E-state index in [0.717, 1.165) is 31.3 Å². The highest BCUT2D eigenvalue weighted by molar-refractivity contribution is 5.73. The largest absolute Gasteiger partial charge is 0.342 e. The molecule has 1 rings (SSSR count). The highest BCUT2D eigenvalue weighted by Gasteiger charge is 2.37. The van der Waals surface area contributed by atoms with Crippen LogP contribution in [0.4, 0.5) is 0 Å². The molecule has 1 amide bonds. The molecule has 0 radical (unpaired) electrons. The number of amides is 1. The lowest BCUT2D eigenvalue weighted by Crippen LogP contribution is -2.34. The third-order valence-electron chi connectivity index (χ3n) is 3.66. The molecule has 1 aliphatic rings. The third-order valence-corrected chi connectivity index (χ3v) is 3.66. The Morgan fingerprint density at radius 3 is 2.61 bits per heavy atom. The van der Waals surface area contributed by atoms with Crippen LogP contribution in [0, 0.1) is 17.8 Å². The van der Waals surface area contributed by atoms with E-state index in [0.29, 0.717) is 5.92 Å². The minimum absolute atomic E-state index is 0.236. The van der Waals surface area contributed by atoms with Gasteiger partial charge in [0, 0.05) is 20.0 Å². The standard InChI is InChI=1S/C16H29NO/c1-5-6-7-8-9-15-10-16(15)12-17(14(4)18)11-13(2)3/h6-7,13,15-16H,5,8-12H2,1-4H3. The number of carbonyl (C=O) groups excluding carboxylic acids is 1. The van der Waals surface area contributed by atoms with Crippen molar-refractivity contribution in [3.8, 4) is 0 Å². The van der Waals surface area contributed by atoms with E-state index >= 15 is 0 Å². The number of rotatable bonds is 8. The number of nitrogens with zero attached hydrogens (tertiary/aromatic N) is 1. The van der Waals surface area contributed by atoms with Crippen molar-refractivity contribution in [2.45, 2.75) is 53.4 Å². The van der Waals surface area contributed by atoms with Crippen molar-refractivity contribution < 1.29 is 4.79 Å². The minimum Gasteiger partial charge on any atom is -0.342 e. The quantitative estimate of drug-likeness (QED) is 0.600. The van der Waals surface area contributed by atoms with Crippen LogP contribution in [0.2, 0.25) is 0 Å². The zero-order valence-electron chi connectivity index (χ0n) is 12.5. The number of allylic oxidation sites excluding steroid dienone is 2. The van der Waals surface area contributed by atoms with E-state index in [9.17, 15) is 4.79 Å². The monoisotopic (exact) mass is 251 g/mol. The summed E-state index contributed by atoms with van der Waals surface area (Å²) in [6, 6.07) is 0. The topological polar surface area (TPSA) is 20.3 Å². The van der Waals surface area contributed by atoms with Crippen molar-refractivity contribution in [2.24, 2.45) is 17.8 Å². The number of hydrogen-bond donors (Lipinski definition) is 0. The average molecular weight is 251 g/mol. The summed E-state index contributed by atoms with van der Waals surface area (Å²) in [6.45, 7) is 10.1. The Kier molecular flexibility index (Phi) is 6.45. The van der Waals surface area contributed by atoms with Crippen molar-refractivity contribution in [3.05, 3.63) is 12.2 Å². The molecule has 2 nitrogen and oxygen atoms in total. The van der Waals surface area contributed by atoms with Gasteiger partial charge in [0.05, 0.1) is 0 Å². The smallest absolute Gasteiger partial charge is 0.219 e. The van der Waals surface area contributed by atoms with Gasteiger partial charge in [-0.1, -0.05) is 32.9 Å². The molecular weight excluding hydrogens is 222 g/mol. The lowest BCUT2D eigenvalue weighted by atomic mass is 10.1. The summed E-state index contributed by atoms with van der Waals surface area (Å²) in [5.41, 5.74) is 0. The molecule has 1 fully saturated rings. The molecule has 2 atom stereocenters. The molecule has 1 saturated carbocycles. The fourth-order valence-corrected chi connectivity index (χ4v) is 2.54. The Bertz CT molecular complexity index is 283. The zero-order chi connectivity index (χ0) is 13.5. The predicted molar refractivity (Wildman–Crippen MR) is 77.4 cm³/mol. The van der Waals surface area contributed by atoms with E-state index in [4.69, 9.17) is 0 Å².